The van der Waals surface area contributed by atoms with E-state index in [2.05, 4.69) is 9.97 Å². The van der Waals surface area contributed by atoms with Crippen LogP contribution in [0.2, 0.25) is 0 Å². The van der Waals surface area contributed by atoms with Crippen LogP contribution in [0.15, 0.2) is 46.2 Å². The first kappa shape index (κ1) is 24.0. The van der Waals surface area contributed by atoms with Crippen molar-refractivity contribution in [2.75, 3.05) is 6.61 Å². The molecule has 2 aromatic heterocycles. The molecule has 0 unspecified atom stereocenters. The molecule has 0 aliphatic carbocycles. The monoisotopic (exact) mass is 486 g/mol. The van der Waals surface area contributed by atoms with Crippen molar-refractivity contribution in [3.8, 4) is 17.0 Å². The maximum absolute atomic E-state index is 14.4. The number of nitrogens with zero attached hydrogens (tertiary/aromatic N) is 2. The minimum atomic E-state index is -4.49. The predicted octanol–water partition coefficient (Wildman–Crippen LogP) is 5.94. The number of alkyl halides is 3. The Labute approximate surface area is 189 Å². The number of rotatable bonds is 8. The third-order valence-corrected chi connectivity index (χ3v) is 6.49. The van der Waals surface area contributed by atoms with E-state index in [0.717, 1.165) is 23.9 Å². The summed E-state index contributed by atoms with van der Waals surface area (Å²) in [4.78, 5) is 19.3. The molecule has 32 heavy (non-hydrogen) atoms. The molecule has 0 fully saturated rings. The summed E-state index contributed by atoms with van der Waals surface area (Å²) < 4.78 is 57.4. The van der Waals surface area contributed by atoms with Crippen LogP contribution in [0.4, 0.5) is 17.6 Å². The Bertz CT molecular complexity index is 1100. The predicted molar refractivity (Wildman–Crippen MR) is 114 cm³/mol. The topological polar surface area (TPSA) is 72.3 Å². The number of thioether (sulfide) groups is 1. The Morgan fingerprint density at radius 3 is 2.56 bits per heavy atom. The molecule has 0 bridgehead atoms. The lowest BCUT2D eigenvalue weighted by Gasteiger charge is -2.15. The molecule has 0 radical (unpaired) electrons. The van der Waals surface area contributed by atoms with Gasteiger partial charge in [0, 0.05) is 23.6 Å². The summed E-state index contributed by atoms with van der Waals surface area (Å²) in [5.74, 6) is -1.60. The van der Waals surface area contributed by atoms with Gasteiger partial charge in [0.1, 0.15) is 4.75 Å². The van der Waals surface area contributed by atoms with Gasteiger partial charge >= 0.3 is 12.1 Å². The zero-order valence-corrected chi connectivity index (χ0v) is 18.6. The Hall–Kier alpha value is -2.66. The van der Waals surface area contributed by atoms with Crippen molar-refractivity contribution >= 4 is 29.1 Å². The summed E-state index contributed by atoms with van der Waals surface area (Å²) in [6, 6.07) is 6.13. The number of hydrogen-bond acceptors (Lipinski definition) is 6. The molecule has 3 rings (SSSR count). The van der Waals surface area contributed by atoms with E-state index >= 15 is 0 Å². The number of aliphatic carboxylic acids is 1. The highest BCUT2D eigenvalue weighted by Gasteiger charge is 2.31. The molecule has 0 aliphatic heterocycles. The molecule has 1 N–H and O–H groups in total. The van der Waals surface area contributed by atoms with Crippen LogP contribution in [0.25, 0.3) is 11.3 Å². The van der Waals surface area contributed by atoms with Crippen molar-refractivity contribution in [2.24, 2.45) is 0 Å². The van der Waals surface area contributed by atoms with Gasteiger partial charge in [-0.25, -0.2) is 9.37 Å². The van der Waals surface area contributed by atoms with E-state index in [4.69, 9.17) is 4.74 Å². The zero-order valence-electron chi connectivity index (χ0n) is 16.9. The molecule has 0 amide bonds. The first-order valence-electron chi connectivity index (χ1n) is 9.28. The highest BCUT2D eigenvalue weighted by molar-refractivity contribution is 8.02. The average Bonchev–Trinajstić information content (AvgIpc) is 3.15. The highest BCUT2D eigenvalue weighted by atomic mass is 32.2. The van der Waals surface area contributed by atoms with E-state index in [1.807, 2.05) is 0 Å². The Morgan fingerprint density at radius 2 is 1.97 bits per heavy atom. The Morgan fingerprint density at radius 1 is 1.22 bits per heavy atom. The van der Waals surface area contributed by atoms with Crippen LogP contribution >= 0.6 is 23.1 Å². The van der Waals surface area contributed by atoms with E-state index in [0.29, 0.717) is 28.2 Å². The Kier molecular flexibility index (Phi) is 7.09. The van der Waals surface area contributed by atoms with Gasteiger partial charge in [-0.2, -0.15) is 13.2 Å². The summed E-state index contributed by atoms with van der Waals surface area (Å²) in [5, 5.41) is 11.0. The molecular weight excluding hydrogens is 468 g/mol. The summed E-state index contributed by atoms with van der Waals surface area (Å²) in [5.41, 5.74) is 0.354. The number of carbonyl (C=O) groups is 1. The quantitative estimate of drug-likeness (QED) is 0.314. The number of halogens is 4. The summed E-state index contributed by atoms with van der Waals surface area (Å²) in [7, 11) is 0. The average molecular weight is 487 g/mol. The van der Waals surface area contributed by atoms with Crippen molar-refractivity contribution in [2.45, 2.75) is 35.5 Å². The number of pyridine rings is 1. The van der Waals surface area contributed by atoms with Gasteiger partial charge in [0.15, 0.2) is 15.9 Å². The number of hydrogen-bond donors (Lipinski definition) is 1. The second-order valence-corrected chi connectivity index (χ2v) is 9.92. The molecule has 5 nitrogen and oxygen atoms in total. The van der Waals surface area contributed by atoms with Crippen molar-refractivity contribution in [1.29, 1.82) is 0 Å². The molecule has 170 valence electrons. The molecule has 2 heterocycles. The smallest absolute Gasteiger partial charge is 0.417 e. The van der Waals surface area contributed by atoms with Crippen LogP contribution in [0.1, 0.15) is 25.1 Å². The van der Waals surface area contributed by atoms with Gasteiger partial charge in [0.25, 0.3) is 0 Å². The minimum Gasteiger partial charge on any atom is -0.490 e. The summed E-state index contributed by atoms with van der Waals surface area (Å²) >= 11 is 2.47. The molecular formula is C21H18F4N2O3S2. The van der Waals surface area contributed by atoms with Gasteiger partial charge in [-0.15, -0.1) is 11.3 Å². The first-order valence-corrected chi connectivity index (χ1v) is 11.0. The van der Waals surface area contributed by atoms with Gasteiger partial charge in [-0.3, -0.25) is 9.78 Å². The zero-order chi connectivity index (χ0) is 23.5. The van der Waals surface area contributed by atoms with E-state index in [-0.39, 0.29) is 18.1 Å². The molecule has 0 aliphatic rings. The number of carboxylic acid groups (broad SMARTS) is 1. The second-order valence-electron chi connectivity index (χ2n) is 7.20. The first-order chi connectivity index (χ1) is 15.0. The third kappa shape index (κ3) is 5.98. The van der Waals surface area contributed by atoms with E-state index < -0.39 is 28.3 Å². The number of thiazole rings is 1. The minimum absolute atomic E-state index is 0.00231. The van der Waals surface area contributed by atoms with Gasteiger partial charge in [-0.1, -0.05) is 11.8 Å². The summed E-state index contributed by atoms with van der Waals surface area (Å²) in [6.07, 6.45) is -3.39. The third-order valence-electron chi connectivity index (χ3n) is 4.32. The molecule has 1 aromatic carbocycles. The SMILES string of the molecule is CC(C)(Sc1nc(CCOc2ccc(-c3ccc(C(F)(F)F)cn3)cc2F)cs1)C(=O)O. The maximum atomic E-state index is 14.4. The largest absolute Gasteiger partial charge is 0.490 e. The number of carboxylic acids is 1. The van der Waals surface area contributed by atoms with Gasteiger partial charge < -0.3 is 9.84 Å². The van der Waals surface area contributed by atoms with Crippen LogP contribution in [-0.2, 0) is 17.4 Å². The fourth-order valence-electron chi connectivity index (χ4n) is 2.49. The lowest BCUT2D eigenvalue weighted by Crippen LogP contribution is -2.26. The lowest BCUT2D eigenvalue weighted by molar-refractivity contribution is -0.139. The highest BCUT2D eigenvalue weighted by Crippen LogP contribution is 2.35. The fraction of sp³-hybridized carbons (Fsp3) is 0.286. The van der Waals surface area contributed by atoms with Crippen molar-refractivity contribution in [3.05, 3.63) is 59.0 Å². The van der Waals surface area contributed by atoms with Crippen LogP contribution in [-0.4, -0.2) is 32.4 Å². The molecule has 0 saturated carbocycles. The van der Waals surface area contributed by atoms with Crippen LogP contribution in [0, 0.1) is 5.82 Å². The molecule has 11 heteroatoms. The van der Waals surface area contributed by atoms with Gasteiger partial charge in [-0.05, 0) is 44.2 Å². The number of benzene rings is 1. The number of aromatic nitrogens is 2. The molecule has 0 spiro atoms. The normalized spacial score (nSPS) is 12.1. The van der Waals surface area contributed by atoms with Gasteiger partial charge in [0.2, 0.25) is 0 Å². The van der Waals surface area contributed by atoms with Crippen LogP contribution in [0.5, 0.6) is 5.75 Å². The standard InChI is InChI=1S/C21H18F4N2O3S2/c1-20(2,18(28)29)32-19-27-14(11-31-19)7-8-30-17-6-3-12(9-15(17)22)16-5-4-13(10-26-16)21(23,24)25/h3-6,9-11H,7-8H2,1-2H3,(H,28,29). The van der Waals surface area contributed by atoms with Crippen molar-refractivity contribution in [3.63, 3.8) is 0 Å². The van der Waals surface area contributed by atoms with Crippen LogP contribution < -0.4 is 4.74 Å². The molecule has 0 atom stereocenters. The number of ether oxygens (including phenoxy) is 1. The van der Waals surface area contributed by atoms with E-state index in [9.17, 15) is 27.5 Å². The molecule has 0 saturated heterocycles. The van der Waals surface area contributed by atoms with Crippen molar-refractivity contribution < 1.29 is 32.2 Å². The van der Waals surface area contributed by atoms with Crippen molar-refractivity contribution in [1.82, 2.24) is 9.97 Å². The maximum Gasteiger partial charge on any atom is 0.417 e. The van der Waals surface area contributed by atoms with Crippen LogP contribution in [0.3, 0.4) is 0 Å². The lowest BCUT2D eigenvalue weighted by atomic mass is 10.1. The van der Waals surface area contributed by atoms with E-state index in [1.165, 1.54) is 29.5 Å². The van der Waals surface area contributed by atoms with Gasteiger partial charge in [0.05, 0.1) is 23.6 Å². The second kappa shape index (κ2) is 9.45. The summed E-state index contributed by atoms with van der Waals surface area (Å²) in [6.45, 7) is 3.33. The fourth-order valence-corrected chi connectivity index (χ4v) is 4.71. The Balaban J connectivity index is 1.58. The van der Waals surface area contributed by atoms with E-state index in [1.54, 1.807) is 19.2 Å². The molecule has 3 aromatic rings.